The number of methoxy groups -OCH3 is 1. The molecule has 0 N–H and O–H groups in total. The molecule has 3 heteroatoms. The summed E-state index contributed by atoms with van der Waals surface area (Å²) in [5.41, 5.74) is 1.11. The number of rotatable bonds is 6. The molecular weight excluding hydrogens is 395 g/mol. The first-order valence-electron chi connectivity index (χ1n) is 9.67. The van der Waals surface area contributed by atoms with Gasteiger partial charge >= 0.3 is 178 Å². The summed E-state index contributed by atoms with van der Waals surface area (Å²) in [6.07, 6.45) is 0. The Morgan fingerprint density at radius 3 is 1.38 bits per heavy atom. The molecule has 29 heavy (non-hydrogen) atoms. The van der Waals surface area contributed by atoms with Gasteiger partial charge in [0, 0.05) is 0 Å². The summed E-state index contributed by atoms with van der Waals surface area (Å²) in [5, 5.41) is 4.51. The van der Waals surface area contributed by atoms with Gasteiger partial charge in [-0.3, -0.25) is 0 Å². The molecular formula is C26H24ClOP. The molecule has 146 valence electrons. The molecule has 4 aromatic rings. The van der Waals surface area contributed by atoms with Crippen LogP contribution in [-0.4, -0.2) is 7.11 Å². The van der Waals surface area contributed by atoms with Crippen LogP contribution in [0.25, 0.3) is 0 Å². The van der Waals surface area contributed by atoms with Gasteiger partial charge < -0.3 is 0 Å². The van der Waals surface area contributed by atoms with Crippen LogP contribution in [0.2, 0.25) is 0 Å². The van der Waals surface area contributed by atoms with E-state index in [1.165, 1.54) is 0 Å². The van der Waals surface area contributed by atoms with E-state index >= 15 is 0 Å². The maximum atomic E-state index is 8.22. The number of hydrogen-bond donors (Lipinski definition) is 0. The van der Waals surface area contributed by atoms with E-state index in [1.54, 1.807) is 7.11 Å². The van der Waals surface area contributed by atoms with Crippen molar-refractivity contribution in [1.29, 1.82) is 0 Å². The molecule has 0 aliphatic heterocycles. The molecule has 0 saturated carbocycles. The zero-order chi connectivity index (χ0) is 20.2. The molecule has 0 heterocycles. The second-order valence-electron chi connectivity index (χ2n) is 7.08. The van der Waals surface area contributed by atoms with Gasteiger partial charge in [0.1, 0.15) is 0 Å². The van der Waals surface area contributed by atoms with E-state index < -0.39 is 5.96 Å². The van der Waals surface area contributed by atoms with E-state index in [0.717, 1.165) is 26.8 Å². The normalized spacial score (nSPS) is 12.8. The van der Waals surface area contributed by atoms with E-state index in [4.69, 9.17) is 16.0 Å². The Balaban J connectivity index is 2.24. The van der Waals surface area contributed by atoms with Crippen molar-refractivity contribution in [1.82, 2.24) is 0 Å². The molecule has 0 atom stereocenters. The second kappa shape index (κ2) is 8.13. The molecule has 0 aliphatic rings. The van der Waals surface area contributed by atoms with Crippen LogP contribution in [-0.2, 0) is 11.3 Å². The molecule has 4 rings (SSSR count). The van der Waals surface area contributed by atoms with Crippen molar-refractivity contribution in [2.24, 2.45) is 0 Å². The third-order valence-corrected chi connectivity index (χ3v) is 12.9. The topological polar surface area (TPSA) is 9.23 Å². The second-order valence-corrected chi connectivity index (χ2v) is 13.2. The van der Waals surface area contributed by atoms with Gasteiger partial charge in [-0.05, 0) is 0 Å². The average Bonchev–Trinajstić information content (AvgIpc) is 2.81. The third-order valence-electron chi connectivity index (χ3n) is 5.47. The molecule has 1 nitrogen and oxygen atoms in total. The van der Waals surface area contributed by atoms with E-state index in [-0.39, 0.29) is 0 Å². The van der Waals surface area contributed by atoms with Crippen LogP contribution in [0.15, 0.2) is 115 Å². The standard InChI is InChI=1S/C26H24ClOP/c1-28-21-22-13-11-12-20-26(22)29(27,23-14-5-2-6-15-23,24-16-7-3-8-17-24)25-18-9-4-10-19-25/h2-20H,21H2,1H3. The van der Waals surface area contributed by atoms with Crippen LogP contribution in [0.5, 0.6) is 0 Å². The summed E-state index contributed by atoms with van der Waals surface area (Å²) >= 11 is 8.22. The van der Waals surface area contributed by atoms with Crippen LogP contribution < -0.4 is 21.2 Å². The first-order valence-corrected chi connectivity index (χ1v) is 12.8. The van der Waals surface area contributed by atoms with Crippen molar-refractivity contribution in [2.45, 2.75) is 6.61 Å². The van der Waals surface area contributed by atoms with Crippen LogP contribution in [0, 0.1) is 0 Å². The van der Waals surface area contributed by atoms with Gasteiger partial charge in [-0.25, -0.2) is 0 Å². The van der Waals surface area contributed by atoms with Gasteiger partial charge in [0.15, 0.2) is 0 Å². The fourth-order valence-corrected chi connectivity index (χ4v) is 10.7. The van der Waals surface area contributed by atoms with Gasteiger partial charge in [-0.1, -0.05) is 0 Å². The average molecular weight is 419 g/mol. The molecule has 4 aromatic carbocycles. The van der Waals surface area contributed by atoms with Gasteiger partial charge in [0.05, 0.1) is 0 Å². The van der Waals surface area contributed by atoms with E-state index in [9.17, 15) is 0 Å². The summed E-state index contributed by atoms with van der Waals surface area (Å²) < 4.78 is 5.58. The van der Waals surface area contributed by atoms with Gasteiger partial charge in [0.2, 0.25) is 0 Å². The minimum absolute atomic E-state index is 0.507. The molecule has 0 bridgehead atoms. The first-order chi connectivity index (χ1) is 14.2. The zero-order valence-electron chi connectivity index (χ0n) is 16.4. The van der Waals surface area contributed by atoms with Gasteiger partial charge in [-0.2, -0.15) is 0 Å². The predicted molar refractivity (Wildman–Crippen MR) is 128 cm³/mol. The molecule has 0 saturated heterocycles. The number of ether oxygens (including phenoxy) is 1. The molecule has 0 spiro atoms. The van der Waals surface area contributed by atoms with E-state index in [2.05, 4.69) is 97.1 Å². The number of halogens is 1. The van der Waals surface area contributed by atoms with Crippen LogP contribution in [0.3, 0.4) is 0 Å². The third kappa shape index (κ3) is 3.11. The monoisotopic (exact) mass is 418 g/mol. The number of benzene rings is 4. The minimum atomic E-state index is -3.51. The molecule has 0 radical (unpaired) electrons. The zero-order valence-corrected chi connectivity index (χ0v) is 18.1. The predicted octanol–water partition coefficient (Wildman–Crippen LogP) is 5.14. The molecule has 0 unspecified atom stereocenters. The van der Waals surface area contributed by atoms with Crippen molar-refractivity contribution >= 4 is 38.4 Å². The maximum absolute atomic E-state index is 8.22. The summed E-state index contributed by atoms with van der Waals surface area (Å²) in [6.45, 7) is 0.507. The quantitative estimate of drug-likeness (QED) is 0.394. The summed E-state index contributed by atoms with van der Waals surface area (Å²) in [5.74, 6) is -3.51. The Kier molecular flexibility index (Phi) is 5.56. The van der Waals surface area contributed by atoms with Crippen molar-refractivity contribution in [3.05, 3.63) is 121 Å². The van der Waals surface area contributed by atoms with E-state index in [1.807, 2.05) is 18.2 Å². The summed E-state index contributed by atoms with van der Waals surface area (Å²) in [4.78, 5) is 0. The van der Waals surface area contributed by atoms with Crippen LogP contribution in [0.1, 0.15) is 5.56 Å². The van der Waals surface area contributed by atoms with E-state index in [0.29, 0.717) is 6.61 Å². The Morgan fingerprint density at radius 1 is 0.586 bits per heavy atom. The summed E-state index contributed by atoms with van der Waals surface area (Å²) in [6, 6.07) is 40.0. The Labute approximate surface area is 177 Å². The van der Waals surface area contributed by atoms with Crippen molar-refractivity contribution in [3.63, 3.8) is 0 Å². The summed E-state index contributed by atoms with van der Waals surface area (Å²) in [7, 11) is 1.73. The fourth-order valence-electron chi connectivity index (χ4n) is 4.19. The van der Waals surface area contributed by atoms with Gasteiger partial charge in [-0.15, -0.1) is 0 Å². The molecule has 0 aliphatic carbocycles. The first kappa shape index (κ1) is 19.9. The Morgan fingerprint density at radius 2 is 0.966 bits per heavy atom. The van der Waals surface area contributed by atoms with Crippen molar-refractivity contribution in [3.8, 4) is 0 Å². The Hall–Kier alpha value is -2.44. The fraction of sp³-hybridized carbons (Fsp3) is 0.0769. The molecule has 0 fully saturated rings. The van der Waals surface area contributed by atoms with Crippen LogP contribution in [0.4, 0.5) is 0 Å². The SMILES string of the molecule is COCc1ccccc1P(Cl)(c1ccccc1)(c1ccccc1)c1ccccc1. The molecule has 0 amide bonds. The number of hydrogen-bond acceptors (Lipinski definition) is 1. The van der Waals surface area contributed by atoms with Crippen molar-refractivity contribution in [2.75, 3.05) is 7.11 Å². The van der Waals surface area contributed by atoms with Crippen LogP contribution >= 0.6 is 17.2 Å². The molecule has 0 aromatic heterocycles. The van der Waals surface area contributed by atoms with Gasteiger partial charge in [0.25, 0.3) is 0 Å². The van der Waals surface area contributed by atoms with Crippen molar-refractivity contribution < 1.29 is 4.74 Å². The Bertz CT molecular complexity index is 982.